The smallest absolute Gasteiger partial charge is 0.182 e. The lowest BCUT2D eigenvalue weighted by Crippen LogP contribution is -2.54. The molecule has 0 radical (unpaired) electrons. The van der Waals surface area contributed by atoms with E-state index in [-0.39, 0.29) is 11.5 Å². The molecule has 0 saturated heterocycles. The van der Waals surface area contributed by atoms with Crippen molar-refractivity contribution in [2.45, 2.75) is 49.3 Å². The zero-order chi connectivity index (χ0) is 15.0. The summed E-state index contributed by atoms with van der Waals surface area (Å²) >= 11 is 5.94. The second-order valence-corrected chi connectivity index (χ2v) is 8.79. The first-order valence-corrected chi connectivity index (χ1v) is 8.88. The lowest BCUT2D eigenvalue weighted by molar-refractivity contribution is 0.178. The predicted molar refractivity (Wildman–Crippen MR) is 82.9 cm³/mol. The Labute approximate surface area is 126 Å². The standard InChI is InChI=1S/C15H22ClNO2S/c1-15(2)9-5-8-13(14(15)17-3)20(18,19)12-7-4-6-11(16)10-12/h4,6-7,10,13-14,17H,5,8-9H2,1-3H3. The van der Waals surface area contributed by atoms with E-state index in [4.69, 9.17) is 11.6 Å². The number of hydrogen-bond donors (Lipinski definition) is 1. The molecule has 0 aliphatic heterocycles. The molecule has 2 unspecified atom stereocenters. The Morgan fingerprint density at radius 3 is 2.65 bits per heavy atom. The minimum atomic E-state index is -3.36. The summed E-state index contributed by atoms with van der Waals surface area (Å²) in [5.74, 6) is 0. The molecule has 1 aliphatic rings. The van der Waals surface area contributed by atoms with Crippen LogP contribution in [0.5, 0.6) is 0 Å². The molecule has 20 heavy (non-hydrogen) atoms. The van der Waals surface area contributed by atoms with Crippen molar-refractivity contribution in [3.05, 3.63) is 29.3 Å². The van der Waals surface area contributed by atoms with Gasteiger partial charge >= 0.3 is 0 Å². The van der Waals surface area contributed by atoms with E-state index < -0.39 is 15.1 Å². The van der Waals surface area contributed by atoms with Gasteiger partial charge < -0.3 is 5.32 Å². The summed E-state index contributed by atoms with van der Waals surface area (Å²) in [7, 11) is -1.52. The van der Waals surface area contributed by atoms with Gasteiger partial charge in [0.25, 0.3) is 0 Å². The zero-order valence-corrected chi connectivity index (χ0v) is 13.8. The second-order valence-electron chi connectivity index (χ2n) is 6.19. The van der Waals surface area contributed by atoms with Gasteiger partial charge in [0.05, 0.1) is 10.1 Å². The third kappa shape index (κ3) is 2.87. The molecule has 1 aliphatic carbocycles. The maximum atomic E-state index is 12.9. The Bertz CT molecular complexity index is 583. The lowest BCUT2D eigenvalue weighted by atomic mass is 9.73. The molecule has 1 fully saturated rings. The lowest BCUT2D eigenvalue weighted by Gasteiger charge is -2.43. The molecule has 0 heterocycles. The van der Waals surface area contributed by atoms with Crippen molar-refractivity contribution in [1.82, 2.24) is 5.32 Å². The third-order valence-corrected chi connectivity index (χ3v) is 6.81. The average molecular weight is 316 g/mol. The van der Waals surface area contributed by atoms with Gasteiger partial charge in [0.15, 0.2) is 9.84 Å². The number of halogens is 1. The topological polar surface area (TPSA) is 46.2 Å². The van der Waals surface area contributed by atoms with Crippen molar-refractivity contribution < 1.29 is 8.42 Å². The van der Waals surface area contributed by atoms with E-state index in [1.54, 1.807) is 24.3 Å². The van der Waals surface area contributed by atoms with Gasteiger partial charge in [-0.2, -0.15) is 0 Å². The van der Waals surface area contributed by atoms with E-state index in [1.165, 1.54) is 0 Å². The summed E-state index contributed by atoms with van der Waals surface area (Å²) in [4.78, 5) is 0.327. The van der Waals surface area contributed by atoms with Crippen molar-refractivity contribution in [2.75, 3.05) is 7.05 Å². The van der Waals surface area contributed by atoms with Crippen LogP contribution >= 0.6 is 11.6 Å². The number of nitrogens with one attached hydrogen (secondary N) is 1. The second kappa shape index (κ2) is 5.66. The Morgan fingerprint density at radius 1 is 1.35 bits per heavy atom. The summed E-state index contributed by atoms with van der Waals surface area (Å²) < 4.78 is 25.8. The van der Waals surface area contributed by atoms with Crippen molar-refractivity contribution in [1.29, 1.82) is 0 Å². The number of hydrogen-bond acceptors (Lipinski definition) is 3. The fourth-order valence-electron chi connectivity index (χ4n) is 3.31. The summed E-state index contributed by atoms with van der Waals surface area (Å²) in [5, 5.41) is 3.29. The largest absolute Gasteiger partial charge is 0.315 e. The van der Waals surface area contributed by atoms with Gasteiger partial charge in [0.1, 0.15) is 0 Å². The quantitative estimate of drug-likeness (QED) is 0.931. The van der Waals surface area contributed by atoms with E-state index in [0.717, 1.165) is 12.8 Å². The fraction of sp³-hybridized carbons (Fsp3) is 0.600. The van der Waals surface area contributed by atoms with Crippen molar-refractivity contribution >= 4 is 21.4 Å². The Morgan fingerprint density at radius 2 is 2.05 bits per heavy atom. The first kappa shape index (κ1) is 15.8. The molecule has 112 valence electrons. The molecule has 1 aromatic rings. The summed E-state index contributed by atoms with van der Waals surface area (Å²) in [6, 6.07) is 6.53. The molecular weight excluding hydrogens is 294 g/mol. The number of sulfone groups is 1. The summed E-state index contributed by atoms with van der Waals surface area (Å²) in [6.45, 7) is 4.27. The molecule has 2 rings (SSSR count). The van der Waals surface area contributed by atoms with E-state index >= 15 is 0 Å². The molecule has 0 amide bonds. The van der Waals surface area contributed by atoms with Gasteiger partial charge in [0.2, 0.25) is 0 Å². The van der Waals surface area contributed by atoms with E-state index in [2.05, 4.69) is 19.2 Å². The van der Waals surface area contributed by atoms with Crippen molar-refractivity contribution in [3.63, 3.8) is 0 Å². The fourth-order valence-corrected chi connectivity index (χ4v) is 5.82. The SMILES string of the molecule is CNC1C(S(=O)(=O)c2cccc(Cl)c2)CCCC1(C)C. The van der Waals surface area contributed by atoms with Crippen LogP contribution in [0.25, 0.3) is 0 Å². The summed E-state index contributed by atoms with van der Waals surface area (Å²) in [5.41, 5.74) is -0.0245. The van der Waals surface area contributed by atoms with E-state index in [1.807, 2.05) is 7.05 Å². The highest BCUT2D eigenvalue weighted by molar-refractivity contribution is 7.92. The van der Waals surface area contributed by atoms with Crippen LogP contribution < -0.4 is 5.32 Å². The minimum absolute atomic E-state index is 0.0245. The monoisotopic (exact) mass is 315 g/mol. The van der Waals surface area contributed by atoms with Crippen LogP contribution in [-0.2, 0) is 9.84 Å². The highest BCUT2D eigenvalue weighted by Crippen LogP contribution is 2.40. The molecule has 2 atom stereocenters. The molecule has 1 aromatic carbocycles. The first-order chi connectivity index (χ1) is 9.29. The maximum Gasteiger partial charge on any atom is 0.182 e. The Hall–Kier alpha value is -0.580. The normalized spacial score (nSPS) is 26.4. The predicted octanol–water partition coefficient (Wildman–Crippen LogP) is 3.28. The Kier molecular flexibility index (Phi) is 4.47. The van der Waals surface area contributed by atoms with Gasteiger partial charge in [0, 0.05) is 11.1 Å². The van der Waals surface area contributed by atoms with Crippen molar-refractivity contribution in [3.8, 4) is 0 Å². The van der Waals surface area contributed by atoms with Crippen LogP contribution in [0.3, 0.4) is 0 Å². The minimum Gasteiger partial charge on any atom is -0.315 e. The van der Waals surface area contributed by atoms with Crippen LogP contribution in [0.1, 0.15) is 33.1 Å². The molecule has 0 spiro atoms. The highest BCUT2D eigenvalue weighted by atomic mass is 35.5. The first-order valence-electron chi connectivity index (χ1n) is 6.96. The molecule has 1 saturated carbocycles. The number of benzene rings is 1. The van der Waals surface area contributed by atoms with Gasteiger partial charge in [-0.05, 0) is 43.5 Å². The number of rotatable bonds is 3. The van der Waals surface area contributed by atoms with E-state index in [0.29, 0.717) is 16.3 Å². The summed E-state index contributed by atoms with van der Waals surface area (Å²) in [6.07, 6.45) is 2.68. The van der Waals surface area contributed by atoms with Crippen LogP contribution in [-0.4, -0.2) is 26.8 Å². The van der Waals surface area contributed by atoms with Crippen LogP contribution in [0, 0.1) is 5.41 Å². The van der Waals surface area contributed by atoms with Gasteiger partial charge in [-0.15, -0.1) is 0 Å². The third-order valence-electron chi connectivity index (χ3n) is 4.36. The molecule has 1 N–H and O–H groups in total. The molecular formula is C15H22ClNO2S. The molecule has 5 heteroatoms. The van der Waals surface area contributed by atoms with E-state index in [9.17, 15) is 8.42 Å². The van der Waals surface area contributed by atoms with Crippen molar-refractivity contribution in [2.24, 2.45) is 5.41 Å². The maximum absolute atomic E-state index is 12.9. The Balaban J connectivity index is 2.42. The molecule has 0 bridgehead atoms. The zero-order valence-electron chi connectivity index (χ0n) is 12.2. The van der Waals surface area contributed by atoms with Crippen LogP contribution in [0.2, 0.25) is 5.02 Å². The highest BCUT2D eigenvalue weighted by Gasteiger charge is 2.44. The average Bonchev–Trinajstić information content (AvgIpc) is 2.37. The van der Waals surface area contributed by atoms with Gasteiger partial charge in [-0.25, -0.2) is 8.42 Å². The van der Waals surface area contributed by atoms with Crippen LogP contribution in [0.15, 0.2) is 29.2 Å². The molecule has 0 aromatic heterocycles. The van der Waals surface area contributed by atoms with Gasteiger partial charge in [-0.1, -0.05) is 37.9 Å². The van der Waals surface area contributed by atoms with Gasteiger partial charge in [-0.3, -0.25) is 0 Å². The molecule has 3 nitrogen and oxygen atoms in total. The van der Waals surface area contributed by atoms with Crippen LogP contribution in [0.4, 0.5) is 0 Å².